The number of hydrogen-bond donors (Lipinski definition) is 1. The second kappa shape index (κ2) is 18.5. The van der Waals surface area contributed by atoms with Gasteiger partial charge in [0.15, 0.2) is 0 Å². The van der Waals surface area contributed by atoms with E-state index >= 15 is 0 Å². The van der Waals surface area contributed by atoms with E-state index < -0.39 is 6.72 Å². The van der Waals surface area contributed by atoms with Crippen molar-refractivity contribution < 1.29 is 33.4 Å². The average Bonchev–Trinajstić information content (AvgIpc) is 2.45. The van der Waals surface area contributed by atoms with Crippen LogP contribution in [0, 0.1) is 0 Å². The summed E-state index contributed by atoms with van der Waals surface area (Å²) in [4.78, 5) is 9.88. The van der Waals surface area contributed by atoms with E-state index in [1.54, 1.807) is 0 Å². The zero-order valence-corrected chi connectivity index (χ0v) is 19.4. The summed E-state index contributed by atoms with van der Waals surface area (Å²) in [5.74, 6) is 0. The Kier molecular flexibility index (Phi) is 21.3. The standard InChI is InChI=1S/C16H35O3PS.Zn/c1-3-5-7-9-11-13-15-18-20(17,21)19-16-14-12-10-8-6-4-2;/h3-16H2,1-2H3,(H,17,21);. The van der Waals surface area contributed by atoms with Crippen molar-refractivity contribution in [2.75, 3.05) is 13.2 Å². The molecule has 0 saturated carbocycles. The van der Waals surface area contributed by atoms with Gasteiger partial charge in [-0.15, -0.1) is 0 Å². The molecule has 0 aromatic carbocycles. The molecular formula is C16H35O3PSZn. The Morgan fingerprint density at radius 2 is 1.00 bits per heavy atom. The van der Waals surface area contributed by atoms with Gasteiger partial charge in [-0.3, -0.25) is 0 Å². The van der Waals surface area contributed by atoms with Crippen LogP contribution >= 0.6 is 6.72 Å². The molecule has 0 aromatic heterocycles. The van der Waals surface area contributed by atoms with Gasteiger partial charge in [0.1, 0.15) is 0 Å². The molecule has 0 fully saturated rings. The molecule has 0 aromatic rings. The zero-order chi connectivity index (χ0) is 15.8. The van der Waals surface area contributed by atoms with Crippen LogP contribution in [0.2, 0.25) is 0 Å². The van der Waals surface area contributed by atoms with Crippen LogP contribution < -0.4 is 0 Å². The second-order valence-electron chi connectivity index (χ2n) is 5.67. The minimum atomic E-state index is -2.98. The van der Waals surface area contributed by atoms with Crippen molar-refractivity contribution in [3.05, 3.63) is 0 Å². The van der Waals surface area contributed by atoms with Gasteiger partial charge in [0.25, 0.3) is 0 Å². The molecule has 1 N–H and O–H groups in total. The van der Waals surface area contributed by atoms with E-state index in [1.807, 2.05) is 0 Å². The van der Waals surface area contributed by atoms with Gasteiger partial charge < -0.3 is 13.9 Å². The first-order chi connectivity index (χ1) is 10.1. The van der Waals surface area contributed by atoms with E-state index in [0.29, 0.717) is 13.2 Å². The minimum absolute atomic E-state index is 0. The molecule has 0 heterocycles. The third-order valence-electron chi connectivity index (χ3n) is 3.50. The molecule has 0 saturated heterocycles. The average molecular weight is 404 g/mol. The van der Waals surface area contributed by atoms with Gasteiger partial charge in [-0.1, -0.05) is 78.1 Å². The Morgan fingerprint density at radius 1 is 0.682 bits per heavy atom. The summed E-state index contributed by atoms with van der Waals surface area (Å²) in [6.07, 6.45) is 14.4. The van der Waals surface area contributed by atoms with Crippen LogP contribution in [0.4, 0.5) is 0 Å². The van der Waals surface area contributed by atoms with Crippen LogP contribution in [0.5, 0.6) is 0 Å². The molecule has 0 aliphatic rings. The molecular weight excluding hydrogens is 369 g/mol. The molecule has 0 bridgehead atoms. The molecule has 130 valence electrons. The third-order valence-corrected chi connectivity index (χ3v) is 5.15. The van der Waals surface area contributed by atoms with Gasteiger partial charge >= 0.3 is 6.72 Å². The van der Waals surface area contributed by atoms with Gasteiger partial charge in [0.2, 0.25) is 0 Å². The molecule has 0 aliphatic heterocycles. The molecule has 0 aliphatic carbocycles. The summed E-state index contributed by atoms with van der Waals surface area (Å²) >= 11 is 5.00. The van der Waals surface area contributed by atoms with Gasteiger partial charge in [-0.05, 0) is 24.6 Å². The second-order valence-corrected chi connectivity index (χ2v) is 8.51. The predicted octanol–water partition coefficient (Wildman–Crippen LogP) is 5.95. The first-order valence-electron chi connectivity index (χ1n) is 8.74. The molecule has 0 spiro atoms. The minimum Gasteiger partial charge on any atom is -0.324 e. The van der Waals surface area contributed by atoms with Crippen molar-refractivity contribution >= 4 is 18.5 Å². The van der Waals surface area contributed by atoms with Crippen molar-refractivity contribution in [1.82, 2.24) is 0 Å². The van der Waals surface area contributed by atoms with E-state index in [4.69, 9.17) is 20.9 Å². The Hall–Kier alpha value is 1.15. The summed E-state index contributed by atoms with van der Waals surface area (Å²) < 4.78 is 10.7. The number of rotatable bonds is 16. The van der Waals surface area contributed by atoms with E-state index in [2.05, 4.69) is 13.8 Å². The molecule has 6 heteroatoms. The monoisotopic (exact) mass is 402 g/mol. The molecule has 0 amide bonds. The maximum absolute atomic E-state index is 9.88. The smallest absolute Gasteiger partial charge is 0.324 e. The summed E-state index contributed by atoms with van der Waals surface area (Å²) in [7, 11) is 0. The number of unbranched alkanes of at least 4 members (excludes halogenated alkanes) is 10. The van der Waals surface area contributed by atoms with E-state index in [-0.39, 0.29) is 19.5 Å². The van der Waals surface area contributed by atoms with E-state index in [1.165, 1.54) is 51.4 Å². The van der Waals surface area contributed by atoms with Crippen molar-refractivity contribution in [2.45, 2.75) is 90.9 Å². The molecule has 0 radical (unpaired) electrons. The van der Waals surface area contributed by atoms with E-state index in [9.17, 15) is 4.89 Å². The topological polar surface area (TPSA) is 38.7 Å². The van der Waals surface area contributed by atoms with Crippen molar-refractivity contribution in [3.63, 3.8) is 0 Å². The summed E-state index contributed by atoms with van der Waals surface area (Å²) in [6.45, 7) is 2.50. The molecule has 0 unspecified atom stereocenters. The van der Waals surface area contributed by atoms with Gasteiger partial charge in [-0.25, -0.2) is 0 Å². The summed E-state index contributed by atoms with van der Waals surface area (Å²) in [6, 6.07) is 0. The zero-order valence-electron chi connectivity index (χ0n) is 14.7. The van der Waals surface area contributed by atoms with Crippen LogP contribution in [0.1, 0.15) is 90.9 Å². The fraction of sp³-hybridized carbons (Fsp3) is 1.00. The van der Waals surface area contributed by atoms with Crippen LogP contribution in [-0.2, 0) is 40.3 Å². The van der Waals surface area contributed by atoms with Gasteiger partial charge in [-0.2, -0.15) is 0 Å². The third kappa shape index (κ3) is 19.2. The predicted molar refractivity (Wildman–Crippen MR) is 95.2 cm³/mol. The number of hydrogen-bond acceptors (Lipinski definition) is 3. The van der Waals surface area contributed by atoms with Crippen LogP contribution in [0.25, 0.3) is 0 Å². The van der Waals surface area contributed by atoms with E-state index in [0.717, 1.165) is 25.7 Å². The molecule has 0 rings (SSSR count). The van der Waals surface area contributed by atoms with Gasteiger partial charge in [0, 0.05) is 19.5 Å². The van der Waals surface area contributed by atoms with Crippen molar-refractivity contribution in [1.29, 1.82) is 0 Å². The first kappa shape index (κ1) is 25.4. The largest absolute Gasteiger partial charge is 0.324 e. The van der Waals surface area contributed by atoms with Crippen molar-refractivity contribution in [3.8, 4) is 0 Å². The maximum atomic E-state index is 9.88. The van der Waals surface area contributed by atoms with Crippen LogP contribution in [0.3, 0.4) is 0 Å². The Bertz CT molecular complexity index is 246. The summed E-state index contributed by atoms with van der Waals surface area (Å²) in [5, 5.41) is 0. The maximum Gasteiger partial charge on any atom is 0.324 e. The van der Waals surface area contributed by atoms with Crippen LogP contribution in [-0.4, -0.2) is 18.1 Å². The Balaban J connectivity index is 0. The molecule has 22 heavy (non-hydrogen) atoms. The molecule has 0 atom stereocenters. The van der Waals surface area contributed by atoms with Gasteiger partial charge in [0.05, 0.1) is 13.2 Å². The normalized spacial score (nSPS) is 11.4. The fourth-order valence-corrected chi connectivity index (χ4v) is 3.40. The van der Waals surface area contributed by atoms with Crippen LogP contribution in [0.15, 0.2) is 0 Å². The summed E-state index contributed by atoms with van der Waals surface area (Å²) in [5.41, 5.74) is 0. The first-order valence-corrected chi connectivity index (χ1v) is 11.3. The van der Waals surface area contributed by atoms with Crippen molar-refractivity contribution in [2.24, 2.45) is 0 Å². The Labute approximate surface area is 155 Å². The molecule has 3 nitrogen and oxygen atoms in total. The fourth-order valence-electron chi connectivity index (χ4n) is 2.16. The SMILES string of the molecule is CCCCCCCCOP(O)(=S)OCCCCCCCC.[Zn]. The Morgan fingerprint density at radius 3 is 1.36 bits per heavy atom. The quantitative estimate of drug-likeness (QED) is 0.196.